The Labute approximate surface area is 124 Å². The molecule has 108 valence electrons. The van der Waals surface area contributed by atoms with Crippen LogP contribution in [0, 0.1) is 24.2 Å². The minimum atomic E-state index is 0.557. The molecule has 1 aliphatic heterocycles. The Morgan fingerprint density at radius 1 is 1.35 bits per heavy atom. The zero-order valence-electron chi connectivity index (χ0n) is 13.2. The summed E-state index contributed by atoms with van der Waals surface area (Å²) >= 11 is 0. The smallest absolute Gasteiger partial charge is 0.0441 e. The van der Waals surface area contributed by atoms with Crippen LogP contribution in [0.1, 0.15) is 52.9 Å². The molecule has 0 spiro atoms. The van der Waals surface area contributed by atoms with Crippen molar-refractivity contribution in [3.8, 4) is 12.3 Å². The van der Waals surface area contributed by atoms with E-state index in [1.165, 1.54) is 43.5 Å². The molecule has 0 bridgehead atoms. The van der Waals surface area contributed by atoms with Crippen LogP contribution in [0.5, 0.6) is 0 Å². The maximum absolute atomic E-state index is 5.76. The second-order valence-electron chi connectivity index (χ2n) is 5.92. The van der Waals surface area contributed by atoms with Crippen molar-refractivity contribution < 1.29 is 0 Å². The highest BCUT2D eigenvalue weighted by Crippen LogP contribution is 2.38. The van der Waals surface area contributed by atoms with Gasteiger partial charge in [0.2, 0.25) is 0 Å². The highest BCUT2D eigenvalue weighted by atomic mass is 15.2. The lowest BCUT2D eigenvalue weighted by Gasteiger charge is -2.38. The second kappa shape index (κ2) is 6.84. The van der Waals surface area contributed by atoms with Crippen molar-refractivity contribution in [2.45, 2.75) is 52.9 Å². The molecule has 2 aliphatic rings. The molecule has 1 heteroatoms. The summed E-state index contributed by atoms with van der Waals surface area (Å²) in [4.78, 5) is 2.41. The first-order valence-electron chi connectivity index (χ1n) is 8.05. The SMILES string of the molecule is C#CC1=C(C(C)C2CCCCC2)N(CC)/C(=C\C)C=C1. The van der Waals surface area contributed by atoms with E-state index in [-0.39, 0.29) is 0 Å². The topological polar surface area (TPSA) is 3.24 Å². The van der Waals surface area contributed by atoms with Gasteiger partial charge < -0.3 is 4.90 Å². The fourth-order valence-electron chi connectivity index (χ4n) is 3.70. The number of nitrogens with zero attached hydrogens (tertiary/aromatic N) is 1. The Hall–Kier alpha value is -1.42. The highest BCUT2D eigenvalue weighted by Gasteiger charge is 2.29. The quantitative estimate of drug-likeness (QED) is 0.660. The van der Waals surface area contributed by atoms with E-state index in [9.17, 15) is 0 Å². The molecule has 2 rings (SSSR count). The maximum Gasteiger partial charge on any atom is 0.0441 e. The predicted octanol–water partition coefficient (Wildman–Crippen LogP) is 4.89. The van der Waals surface area contributed by atoms with E-state index in [4.69, 9.17) is 6.42 Å². The standard InChI is InChI=1S/C19H27N/c1-5-16-13-14-18(6-2)20(7-3)19(16)15(4)17-11-9-8-10-12-17/h1,6,13-15,17H,7-12H2,2-4H3/b18-6-. The van der Waals surface area contributed by atoms with E-state index in [0.717, 1.165) is 18.0 Å². The summed E-state index contributed by atoms with van der Waals surface area (Å²) in [6.07, 6.45) is 19.1. The summed E-state index contributed by atoms with van der Waals surface area (Å²) in [6, 6.07) is 0. The largest absolute Gasteiger partial charge is 0.344 e. The number of hydrogen-bond donors (Lipinski definition) is 0. The lowest BCUT2D eigenvalue weighted by Crippen LogP contribution is -2.32. The zero-order valence-corrected chi connectivity index (χ0v) is 13.2. The molecule has 20 heavy (non-hydrogen) atoms. The van der Waals surface area contributed by atoms with Gasteiger partial charge in [0.25, 0.3) is 0 Å². The third-order valence-electron chi connectivity index (χ3n) is 4.85. The summed E-state index contributed by atoms with van der Waals surface area (Å²) in [5.74, 6) is 4.26. The third kappa shape index (κ3) is 2.85. The van der Waals surface area contributed by atoms with Gasteiger partial charge in [0.1, 0.15) is 0 Å². The van der Waals surface area contributed by atoms with Gasteiger partial charge in [-0.05, 0) is 44.8 Å². The number of rotatable bonds is 3. The van der Waals surface area contributed by atoms with Crippen molar-refractivity contribution >= 4 is 0 Å². The molecule has 0 aromatic rings. The molecule has 1 nitrogen and oxygen atoms in total. The Kier molecular flexibility index (Phi) is 5.12. The van der Waals surface area contributed by atoms with Gasteiger partial charge >= 0.3 is 0 Å². The van der Waals surface area contributed by atoms with Crippen LogP contribution in [0.3, 0.4) is 0 Å². The zero-order chi connectivity index (χ0) is 14.5. The van der Waals surface area contributed by atoms with E-state index in [2.05, 4.69) is 49.8 Å². The first kappa shape index (κ1) is 15.0. The first-order valence-corrected chi connectivity index (χ1v) is 8.05. The molecule has 0 aromatic carbocycles. The van der Waals surface area contributed by atoms with Gasteiger partial charge in [-0.15, -0.1) is 6.42 Å². The summed E-state index contributed by atoms with van der Waals surface area (Å²) in [6.45, 7) is 7.68. The van der Waals surface area contributed by atoms with Crippen molar-refractivity contribution in [2.24, 2.45) is 11.8 Å². The van der Waals surface area contributed by atoms with Gasteiger partial charge in [0.05, 0.1) is 0 Å². The van der Waals surface area contributed by atoms with Gasteiger partial charge in [0.15, 0.2) is 0 Å². The van der Waals surface area contributed by atoms with Crippen LogP contribution >= 0.6 is 0 Å². The van der Waals surface area contributed by atoms with Gasteiger partial charge in [-0.25, -0.2) is 0 Å². The Balaban J connectivity index is 2.34. The van der Waals surface area contributed by atoms with Gasteiger partial charge in [-0.3, -0.25) is 0 Å². The fourth-order valence-corrected chi connectivity index (χ4v) is 3.70. The Morgan fingerprint density at radius 3 is 2.60 bits per heavy atom. The van der Waals surface area contributed by atoms with Crippen molar-refractivity contribution in [2.75, 3.05) is 6.54 Å². The number of terminal acetylenes is 1. The van der Waals surface area contributed by atoms with E-state index >= 15 is 0 Å². The molecule has 1 aliphatic carbocycles. The maximum atomic E-state index is 5.76. The van der Waals surface area contributed by atoms with Gasteiger partial charge in [-0.1, -0.05) is 38.2 Å². The molecule has 0 amide bonds. The van der Waals surface area contributed by atoms with Gasteiger partial charge in [0, 0.05) is 29.4 Å². The van der Waals surface area contributed by atoms with Crippen molar-refractivity contribution in [3.05, 3.63) is 35.2 Å². The number of allylic oxidation sites excluding steroid dienone is 5. The predicted molar refractivity (Wildman–Crippen MR) is 86.9 cm³/mol. The minimum absolute atomic E-state index is 0.557. The summed E-state index contributed by atoms with van der Waals surface area (Å²) in [5.41, 5.74) is 3.73. The van der Waals surface area contributed by atoms with Crippen LogP contribution in [0.25, 0.3) is 0 Å². The number of likely N-dealkylation sites (N-methyl/N-ethyl adjacent to an activating group) is 1. The molecule has 1 heterocycles. The average molecular weight is 269 g/mol. The average Bonchev–Trinajstić information content (AvgIpc) is 2.53. The molecule has 1 fully saturated rings. The molecule has 1 saturated carbocycles. The van der Waals surface area contributed by atoms with E-state index in [1.54, 1.807) is 0 Å². The second-order valence-corrected chi connectivity index (χ2v) is 5.92. The van der Waals surface area contributed by atoms with E-state index < -0.39 is 0 Å². The van der Waals surface area contributed by atoms with Crippen molar-refractivity contribution in [1.82, 2.24) is 4.90 Å². The van der Waals surface area contributed by atoms with Gasteiger partial charge in [-0.2, -0.15) is 0 Å². The van der Waals surface area contributed by atoms with Crippen LogP contribution in [0.2, 0.25) is 0 Å². The molecule has 0 N–H and O–H groups in total. The monoisotopic (exact) mass is 269 g/mol. The van der Waals surface area contributed by atoms with Crippen LogP contribution in [-0.2, 0) is 0 Å². The van der Waals surface area contributed by atoms with Crippen LogP contribution in [-0.4, -0.2) is 11.4 Å². The normalized spacial score (nSPS) is 24.1. The summed E-state index contributed by atoms with van der Waals surface area (Å²) < 4.78 is 0. The molecule has 1 unspecified atom stereocenters. The van der Waals surface area contributed by atoms with Crippen LogP contribution < -0.4 is 0 Å². The molecular formula is C19H27N. The molecule has 0 aromatic heterocycles. The highest BCUT2D eigenvalue weighted by molar-refractivity contribution is 5.48. The molecule has 0 saturated heterocycles. The summed E-state index contributed by atoms with van der Waals surface area (Å²) in [5, 5.41) is 0. The first-order chi connectivity index (χ1) is 9.72. The molecular weight excluding hydrogens is 242 g/mol. The molecule has 1 atom stereocenters. The van der Waals surface area contributed by atoms with E-state index in [0.29, 0.717) is 5.92 Å². The van der Waals surface area contributed by atoms with Crippen LogP contribution in [0.4, 0.5) is 0 Å². The summed E-state index contributed by atoms with van der Waals surface area (Å²) in [7, 11) is 0. The Bertz CT molecular complexity index is 466. The lowest BCUT2D eigenvalue weighted by molar-refractivity contribution is 0.251. The number of hydrogen-bond acceptors (Lipinski definition) is 1. The van der Waals surface area contributed by atoms with Crippen molar-refractivity contribution in [1.29, 1.82) is 0 Å². The fraction of sp³-hybridized carbons (Fsp3) is 0.579. The Morgan fingerprint density at radius 2 is 2.05 bits per heavy atom. The lowest BCUT2D eigenvalue weighted by atomic mass is 9.77. The molecule has 0 radical (unpaired) electrons. The van der Waals surface area contributed by atoms with E-state index in [1.807, 2.05) is 0 Å². The third-order valence-corrected chi connectivity index (χ3v) is 4.85. The van der Waals surface area contributed by atoms with Crippen molar-refractivity contribution in [3.63, 3.8) is 0 Å². The minimum Gasteiger partial charge on any atom is -0.344 e. The van der Waals surface area contributed by atoms with Crippen LogP contribution in [0.15, 0.2) is 35.2 Å².